The van der Waals surface area contributed by atoms with E-state index in [0.29, 0.717) is 17.0 Å². The number of hydrogen-bond donors (Lipinski definition) is 4. The molecule has 1 saturated carbocycles. The van der Waals surface area contributed by atoms with Crippen LogP contribution in [-0.4, -0.2) is 27.4 Å². The van der Waals surface area contributed by atoms with Gasteiger partial charge in [0.25, 0.3) is 10.2 Å². The summed E-state index contributed by atoms with van der Waals surface area (Å²) in [5.74, 6) is 0.206. The van der Waals surface area contributed by atoms with Crippen LogP contribution >= 0.6 is 0 Å². The van der Waals surface area contributed by atoms with Crippen LogP contribution in [0.4, 0.5) is 5.69 Å². The molecule has 2 rings (SSSR count). The third-order valence-corrected chi connectivity index (χ3v) is 3.79. The minimum absolute atomic E-state index is 0.0278. The van der Waals surface area contributed by atoms with Crippen LogP contribution in [0, 0.1) is 5.41 Å². The molecule has 1 fully saturated rings. The van der Waals surface area contributed by atoms with Crippen LogP contribution in [0.3, 0.4) is 0 Å². The van der Waals surface area contributed by atoms with Crippen molar-refractivity contribution < 1.29 is 13.2 Å². The largest absolute Gasteiger partial charge is 0.495 e. The predicted molar refractivity (Wildman–Crippen MR) is 72.7 cm³/mol. The summed E-state index contributed by atoms with van der Waals surface area (Å²) in [5, 5.41) is 7.33. The summed E-state index contributed by atoms with van der Waals surface area (Å²) >= 11 is 0. The van der Waals surface area contributed by atoms with Crippen molar-refractivity contribution in [1.82, 2.24) is 4.72 Å². The highest BCUT2D eigenvalue weighted by atomic mass is 32.2. The molecule has 0 bridgehead atoms. The Balaban J connectivity index is 2.21. The maximum Gasteiger partial charge on any atom is 0.299 e. The van der Waals surface area contributed by atoms with Gasteiger partial charge in [0.2, 0.25) is 0 Å². The van der Waals surface area contributed by atoms with E-state index in [0.717, 1.165) is 12.8 Å². The van der Waals surface area contributed by atoms with E-state index in [1.165, 1.54) is 19.2 Å². The van der Waals surface area contributed by atoms with Gasteiger partial charge in [-0.2, -0.15) is 13.1 Å². The molecule has 0 saturated heterocycles. The molecule has 1 aliphatic rings. The first-order chi connectivity index (χ1) is 8.91. The lowest BCUT2D eigenvalue weighted by Gasteiger charge is -2.13. The molecule has 0 aliphatic heterocycles. The van der Waals surface area contributed by atoms with Gasteiger partial charge in [-0.25, -0.2) is 0 Å². The predicted octanol–water partition coefficient (Wildman–Crippen LogP) is 0.388. The molecule has 1 aromatic rings. The molecule has 0 aromatic heterocycles. The molecule has 0 amide bonds. The van der Waals surface area contributed by atoms with E-state index in [1.807, 2.05) is 0 Å². The summed E-state index contributed by atoms with van der Waals surface area (Å²) in [5.41, 5.74) is 6.14. The standard InChI is InChI=1S/C11H16N4O3S/c1-18-10-6-7(11(12)13)2-5-9(10)15-19(16,17)14-8-3-4-8/h2,5-6,8,14-15H,3-4H2,1H3,(H3,12,13). The van der Waals surface area contributed by atoms with Crippen molar-refractivity contribution in [2.75, 3.05) is 11.8 Å². The minimum atomic E-state index is -3.60. The Morgan fingerprint density at radius 3 is 2.68 bits per heavy atom. The highest BCUT2D eigenvalue weighted by molar-refractivity contribution is 7.90. The molecule has 1 aliphatic carbocycles. The number of benzene rings is 1. The number of amidine groups is 1. The molecule has 0 heterocycles. The quantitative estimate of drug-likeness (QED) is 0.446. The van der Waals surface area contributed by atoms with Crippen LogP contribution in [-0.2, 0) is 10.2 Å². The zero-order valence-corrected chi connectivity index (χ0v) is 11.3. The fourth-order valence-electron chi connectivity index (χ4n) is 1.54. The number of nitrogen functional groups attached to an aromatic ring is 1. The topological polar surface area (TPSA) is 117 Å². The number of nitrogens with one attached hydrogen (secondary N) is 3. The normalized spacial score (nSPS) is 15.0. The molecule has 0 unspecified atom stereocenters. The number of anilines is 1. The van der Waals surface area contributed by atoms with E-state index in [-0.39, 0.29) is 11.9 Å². The van der Waals surface area contributed by atoms with Crippen LogP contribution in [0.5, 0.6) is 5.75 Å². The van der Waals surface area contributed by atoms with Crippen molar-refractivity contribution in [2.45, 2.75) is 18.9 Å². The Bertz CT molecular complexity index is 596. The van der Waals surface area contributed by atoms with Gasteiger partial charge < -0.3 is 10.5 Å². The third-order valence-electron chi connectivity index (χ3n) is 2.66. The molecule has 19 heavy (non-hydrogen) atoms. The van der Waals surface area contributed by atoms with E-state index < -0.39 is 10.2 Å². The molecule has 104 valence electrons. The smallest absolute Gasteiger partial charge is 0.299 e. The molecule has 8 heteroatoms. The van der Waals surface area contributed by atoms with Crippen molar-refractivity contribution >= 4 is 21.7 Å². The monoisotopic (exact) mass is 284 g/mol. The molecular formula is C11H16N4O3S. The van der Waals surface area contributed by atoms with Gasteiger partial charge in [0.05, 0.1) is 12.8 Å². The Hall–Kier alpha value is -1.80. The highest BCUT2D eigenvalue weighted by Crippen LogP contribution is 2.27. The second-order valence-corrected chi connectivity index (χ2v) is 5.77. The van der Waals surface area contributed by atoms with Crippen molar-refractivity contribution in [2.24, 2.45) is 5.73 Å². The summed E-state index contributed by atoms with van der Waals surface area (Å²) in [7, 11) is -2.18. The summed E-state index contributed by atoms with van der Waals surface area (Å²) in [6, 6.07) is 4.61. The van der Waals surface area contributed by atoms with Crippen LogP contribution in [0.25, 0.3) is 0 Å². The van der Waals surface area contributed by atoms with Crippen LogP contribution in [0.15, 0.2) is 18.2 Å². The summed E-state index contributed by atoms with van der Waals surface area (Å²) in [4.78, 5) is 0. The molecule has 0 radical (unpaired) electrons. The lowest BCUT2D eigenvalue weighted by Crippen LogP contribution is -2.31. The van der Waals surface area contributed by atoms with Gasteiger partial charge in [0.15, 0.2) is 0 Å². The lowest BCUT2D eigenvalue weighted by molar-refractivity contribution is 0.416. The maximum atomic E-state index is 11.8. The van der Waals surface area contributed by atoms with Gasteiger partial charge in [0, 0.05) is 11.6 Å². The summed E-state index contributed by atoms with van der Waals surface area (Å²) < 4.78 is 33.6. The number of ether oxygens (including phenoxy) is 1. The van der Waals surface area contributed by atoms with Crippen molar-refractivity contribution in [3.63, 3.8) is 0 Å². The van der Waals surface area contributed by atoms with Crippen LogP contribution in [0.1, 0.15) is 18.4 Å². The fourth-order valence-corrected chi connectivity index (χ4v) is 2.73. The fraction of sp³-hybridized carbons (Fsp3) is 0.364. The van der Waals surface area contributed by atoms with Gasteiger partial charge in [-0.3, -0.25) is 10.1 Å². The highest BCUT2D eigenvalue weighted by Gasteiger charge is 2.27. The van der Waals surface area contributed by atoms with Gasteiger partial charge in [-0.15, -0.1) is 0 Å². The van der Waals surface area contributed by atoms with Crippen LogP contribution < -0.4 is 19.9 Å². The maximum absolute atomic E-state index is 11.8. The Labute approximate surface area is 111 Å². The number of nitrogens with two attached hydrogens (primary N) is 1. The first-order valence-electron chi connectivity index (χ1n) is 5.74. The average Bonchev–Trinajstić information content (AvgIpc) is 3.11. The van der Waals surface area contributed by atoms with Gasteiger partial charge >= 0.3 is 0 Å². The molecule has 0 spiro atoms. The van der Waals surface area contributed by atoms with Crippen LogP contribution in [0.2, 0.25) is 0 Å². The van der Waals surface area contributed by atoms with Gasteiger partial charge in [-0.05, 0) is 31.0 Å². The van der Waals surface area contributed by atoms with E-state index in [1.54, 1.807) is 6.07 Å². The second kappa shape index (κ2) is 5.06. The Morgan fingerprint density at radius 2 is 2.16 bits per heavy atom. The number of hydrogen-bond acceptors (Lipinski definition) is 4. The SMILES string of the molecule is COc1cc(C(=N)N)ccc1NS(=O)(=O)NC1CC1. The summed E-state index contributed by atoms with van der Waals surface area (Å²) in [6.07, 6.45) is 1.72. The summed E-state index contributed by atoms with van der Waals surface area (Å²) in [6.45, 7) is 0. The molecule has 0 atom stereocenters. The van der Waals surface area contributed by atoms with Crippen molar-refractivity contribution in [3.8, 4) is 5.75 Å². The first-order valence-corrected chi connectivity index (χ1v) is 7.22. The average molecular weight is 284 g/mol. The van der Waals surface area contributed by atoms with E-state index in [4.69, 9.17) is 15.9 Å². The first kappa shape index (κ1) is 13.6. The second-order valence-electron chi connectivity index (χ2n) is 4.33. The Kier molecular flexibility index (Phi) is 3.63. The Morgan fingerprint density at radius 1 is 1.47 bits per heavy atom. The lowest BCUT2D eigenvalue weighted by atomic mass is 10.2. The number of methoxy groups -OCH3 is 1. The zero-order valence-electron chi connectivity index (χ0n) is 10.4. The molecular weight excluding hydrogens is 268 g/mol. The van der Waals surface area contributed by atoms with Gasteiger partial charge in [-0.1, -0.05) is 0 Å². The van der Waals surface area contributed by atoms with Crippen molar-refractivity contribution in [1.29, 1.82) is 5.41 Å². The molecule has 1 aromatic carbocycles. The molecule has 5 N–H and O–H groups in total. The third kappa shape index (κ3) is 3.58. The van der Waals surface area contributed by atoms with E-state index in [9.17, 15) is 8.42 Å². The van der Waals surface area contributed by atoms with Crippen molar-refractivity contribution in [3.05, 3.63) is 23.8 Å². The van der Waals surface area contributed by atoms with Gasteiger partial charge in [0.1, 0.15) is 11.6 Å². The van der Waals surface area contributed by atoms with E-state index in [2.05, 4.69) is 9.44 Å². The zero-order chi connectivity index (χ0) is 14.0. The number of rotatable bonds is 6. The van der Waals surface area contributed by atoms with E-state index >= 15 is 0 Å². The minimum Gasteiger partial charge on any atom is -0.495 e. The molecule has 7 nitrogen and oxygen atoms in total.